The van der Waals surface area contributed by atoms with E-state index in [2.05, 4.69) is 19.2 Å². The van der Waals surface area contributed by atoms with Gasteiger partial charge in [-0.1, -0.05) is 13.8 Å². The van der Waals surface area contributed by atoms with Gasteiger partial charge < -0.3 is 29.2 Å². The third-order valence-electron chi connectivity index (χ3n) is 4.90. The van der Waals surface area contributed by atoms with E-state index in [-0.39, 0.29) is 11.8 Å². The molecule has 2 aromatic carbocycles. The molecule has 2 aromatic rings. The highest BCUT2D eigenvalue weighted by molar-refractivity contribution is 6.06. The van der Waals surface area contributed by atoms with Crippen LogP contribution in [0.2, 0.25) is 0 Å². The van der Waals surface area contributed by atoms with E-state index >= 15 is 0 Å². The van der Waals surface area contributed by atoms with E-state index in [1.54, 1.807) is 42.2 Å². The van der Waals surface area contributed by atoms with Crippen LogP contribution in [0, 0.1) is 5.92 Å². The van der Waals surface area contributed by atoms with E-state index in [9.17, 15) is 9.59 Å². The van der Waals surface area contributed by atoms with Crippen molar-refractivity contribution in [2.24, 2.45) is 5.92 Å². The molecule has 2 amide bonds. The number of nitrogens with zero attached hydrogens (tertiary/aromatic N) is 1. The van der Waals surface area contributed by atoms with Crippen LogP contribution < -0.4 is 29.2 Å². The van der Waals surface area contributed by atoms with E-state index in [0.717, 1.165) is 0 Å². The first kappa shape index (κ1) is 22.3. The zero-order valence-electron chi connectivity index (χ0n) is 18.6. The van der Waals surface area contributed by atoms with Gasteiger partial charge in [-0.05, 0) is 37.1 Å². The van der Waals surface area contributed by atoms with Crippen molar-refractivity contribution in [3.8, 4) is 23.0 Å². The van der Waals surface area contributed by atoms with Crippen molar-refractivity contribution in [1.29, 1.82) is 0 Å². The van der Waals surface area contributed by atoms with Crippen molar-refractivity contribution in [2.75, 3.05) is 38.1 Å². The van der Waals surface area contributed by atoms with Crippen LogP contribution in [0.25, 0.3) is 0 Å². The Kier molecular flexibility index (Phi) is 6.58. The largest absolute Gasteiger partial charge is 0.493 e. The SMILES string of the molecule is COc1cc(C(=O)Nc2ccc3c(c2)OC(C)C(=O)N3CC(C)C)cc(OC)c1OC. The molecule has 0 bridgehead atoms. The number of amides is 2. The van der Waals surface area contributed by atoms with E-state index < -0.39 is 6.10 Å². The molecule has 8 heteroatoms. The van der Waals surface area contributed by atoms with Gasteiger partial charge in [-0.25, -0.2) is 0 Å². The quantitative estimate of drug-likeness (QED) is 0.723. The molecule has 1 aliphatic rings. The fraction of sp³-hybridized carbons (Fsp3) is 0.391. The van der Waals surface area contributed by atoms with Gasteiger partial charge in [0.1, 0.15) is 5.75 Å². The summed E-state index contributed by atoms with van der Waals surface area (Å²) >= 11 is 0. The number of hydrogen-bond donors (Lipinski definition) is 1. The molecule has 0 aromatic heterocycles. The molecule has 8 nitrogen and oxygen atoms in total. The lowest BCUT2D eigenvalue weighted by molar-refractivity contribution is -0.125. The molecule has 1 N–H and O–H groups in total. The Hall–Kier alpha value is -3.42. The summed E-state index contributed by atoms with van der Waals surface area (Å²) in [5.74, 6) is 1.62. The maximum absolute atomic E-state index is 12.9. The fourth-order valence-electron chi connectivity index (χ4n) is 3.46. The molecule has 1 heterocycles. The fourth-order valence-corrected chi connectivity index (χ4v) is 3.46. The Balaban J connectivity index is 1.88. The van der Waals surface area contributed by atoms with Gasteiger partial charge in [-0.3, -0.25) is 9.59 Å². The monoisotopic (exact) mass is 428 g/mol. The van der Waals surface area contributed by atoms with Crippen LogP contribution in [0.15, 0.2) is 30.3 Å². The van der Waals surface area contributed by atoms with Crippen molar-refractivity contribution < 1.29 is 28.5 Å². The number of carbonyl (C=O) groups excluding carboxylic acids is 2. The molecule has 0 aliphatic carbocycles. The third-order valence-corrected chi connectivity index (χ3v) is 4.90. The number of benzene rings is 2. The van der Waals surface area contributed by atoms with E-state index in [4.69, 9.17) is 18.9 Å². The number of hydrogen-bond acceptors (Lipinski definition) is 6. The van der Waals surface area contributed by atoms with Crippen LogP contribution in [0.5, 0.6) is 23.0 Å². The Labute approximate surface area is 182 Å². The molecular formula is C23H28N2O6. The highest BCUT2D eigenvalue weighted by atomic mass is 16.5. The van der Waals surface area contributed by atoms with Gasteiger partial charge in [0.15, 0.2) is 17.6 Å². The lowest BCUT2D eigenvalue weighted by Crippen LogP contribution is -2.46. The van der Waals surface area contributed by atoms with Gasteiger partial charge in [0, 0.05) is 23.9 Å². The molecule has 31 heavy (non-hydrogen) atoms. The van der Waals surface area contributed by atoms with Gasteiger partial charge in [0.2, 0.25) is 5.75 Å². The van der Waals surface area contributed by atoms with E-state index in [1.807, 2.05) is 0 Å². The first-order valence-electron chi connectivity index (χ1n) is 10.0. The first-order valence-corrected chi connectivity index (χ1v) is 10.0. The van der Waals surface area contributed by atoms with Crippen molar-refractivity contribution >= 4 is 23.2 Å². The van der Waals surface area contributed by atoms with Gasteiger partial charge in [-0.2, -0.15) is 0 Å². The average molecular weight is 428 g/mol. The maximum Gasteiger partial charge on any atom is 0.267 e. The number of carbonyl (C=O) groups is 2. The van der Waals surface area contributed by atoms with E-state index in [0.29, 0.717) is 52.4 Å². The summed E-state index contributed by atoms with van der Waals surface area (Å²) in [6.07, 6.45) is -0.590. The van der Waals surface area contributed by atoms with Crippen LogP contribution in [0.3, 0.4) is 0 Å². The molecule has 166 valence electrons. The second-order valence-electron chi connectivity index (χ2n) is 7.65. The van der Waals surface area contributed by atoms with Gasteiger partial charge >= 0.3 is 0 Å². The zero-order chi connectivity index (χ0) is 22.7. The number of fused-ring (bicyclic) bond motifs is 1. The first-order chi connectivity index (χ1) is 14.8. The van der Waals surface area contributed by atoms with Crippen LogP contribution in [0.1, 0.15) is 31.1 Å². The number of nitrogens with one attached hydrogen (secondary N) is 1. The van der Waals surface area contributed by atoms with Crippen LogP contribution in [0.4, 0.5) is 11.4 Å². The summed E-state index contributed by atoms with van der Waals surface area (Å²) in [5, 5.41) is 2.86. The van der Waals surface area contributed by atoms with Crippen molar-refractivity contribution in [2.45, 2.75) is 26.9 Å². The average Bonchev–Trinajstić information content (AvgIpc) is 2.75. The summed E-state index contributed by atoms with van der Waals surface area (Å²) in [6, 6.07) is 8.41. The summed E-state index contributed by atoms with van der Waals surface area (Å²) in [6.45, 7) is 6.43. The molecular weight excluding hydrogens is 400 g/mol. The van der Waals surface area contributed by atoms with Crippen molar-refractivity contribution in [3.05, 3.63) is 35.9 Å². The molecule has 0 fully saturated rings. The highest BCUT2D eigenvalue weighted by Crippen LogP contribution is 2.39. The lowest BCUT2D eigenvalue weighted by Gasteiger charge is -2.34. The summed E-state index contributed by atoms with van der Waals surface area (Å²) in [5.41, 5.74) is 1.59. The summed E-state index contributed by atoms with van der Waals surface area (Å²) in [4.78, 5) is 27.2. The van der Waals surface area contributed by atoms with E-state index in [1.165, 1.54) is 21.3 Å². The van der Waals surface area contributed by atoms with Gasteiger partial charge in [0.25, 0.3) is 11.8 Å². The molecule has 0 saturated heterocycles. The number of methoxy groups -OCH3 is 3. The Morgan fingerprint density at radius 2 is 1.74 bits per heavy atom. The molecule has 3 rings (SSSR count). The number of rotatable bonds is 7. The predicted octanol–water partition coefficient (Wildman–Crippen LogP) is 3.73. The topological polar surface area (TPSA) is 86.3 Å². The second-order valence-corrected chi connectivity index (χ2v) is 7.65. The van der Waals surface area contributed by atoms with Crippen molar-refractivity contribution in [1.82, 2.24) is 0 Å². The smallest absolute Gasteiger partial charge is 0.267 e. The highest BCUT2D eigenvalue weighted by Gasteiger charge is 2.32. The second kappa shape index (κ2) is 9.16. The summed E-state index contributed by atoms with van der Waals surface area (Å²) < 4.78 is 21.7. The number of ether oxygens (including phenoxy) is 4. The molecule has 1 atom stereocenters. The van der Waals surface area contributed by atoms with Crippen LogP contribution in [-0.2, 0) is 4.79 Å². The Morgan fingerprint density at radius 3 is 2.29 bits per heavy atom. The Bertz CT molecular complexity index is 963. The predicted molar refractivity (Wildman–Crippen MR) is 118 cm³/mol. The molecule has 0 radical (unpaired) electrons. The molecule has 0 saturated carbocycles. The number of anilines is 2. The van der Waals surface area contributed by atoms with Gasteiger partial charge in [0.05, 0.1) is 27.0 Å². The zero-order valence-corrected chi connectivity index (χ0v) is 18.6. The van der Waals surface area contributed by atoms with Crippen molar-refractivity contribution in [3.63, 3.8) is 0 Å². The molecule has 0 spiro atoms. The minimum Gasteiger partial charge on any atom is -0.493 e. The van der Waals surface area contributed by atoms with Gasteiger partial charge in [-0.15, -0.1) is 0 Å². The standard InChI is InChI=1S/C23H28N2O6/c1-13(2)12-25-17-8-7-16(11-18(17)31-14(3)23(25)27)24-22(26)15-9-19(28-4)21(30-6)20(10-15)29-5/h7-11,13-14H,12H2,1-6H3,(H,24,26). The minimum absolute atomic E-state index is 0.0737. The van der Waals surface area contributed by atoms with Crippen LogP contribution >= 0.6 is 0 Å². The third kappa shape index (κ3) is 4.52. The van der Waals surface area contributed by atoms with Crippen LogP contribution in [-0.4, -0.2) is 45.8 Å². The lowest BCUT2D eigenvalue weighted by atomic mass is 10.1. The normalized spacial score (nSPS) is 15.3. The summed E-state index contributed by atoms with van der Waals surface area (Å²) in [7, 11) is 4.48. The maximum atomic E-state index is 12.9. The molecule has 1 aliphatic heterocycles. The Morgan fingerprint density at radius 1 is 1.10 bits per heavy atom. The minimum atomic E-state index is -0.590. The molecule has 1 unspecified atom stereocenters.